The Balaban J connectivity index is 2.79. The lowest BCUT2D eigenvalue weighted by Gasteiger charge is -2.22. The molecule has 1 saturated carbocycles. The first-order chi connectivity index (χ1) is 14.0. The summed E-state index contributed by atoms with van der Waals surface area (Å²) in [5.41, 5.74) is 0. The molecule has 1 rings (SSSR count). The van der Waals surface area contributed by atoms with Crippen LogP contribution in [0.15, 0.2) is 23.3 Å². The van der Waals surface area contributed by atoms with Gasteiger partial charge in [0, 0.05) is 13.1 Å². The van der Waals surface area contributed by atoms with Crippen LogP contribution < -0.4 is 0 Å². The van der Waals surface area contributed by atoms with Crippen molar-refractivity contribution in [2.24, 2.45) is 0 Å². The first kappa shape index (κ1) is 25.7. The fraction of sp³-hybridized carbons (Fsp3) is 0.783. The summed E-state index contributed by atoms with van der Waals surface area (Å²) in [6.45, 7) is 8.18. The third-order valence-corrected chi connectivity index (χ3v) is 7.85. The summed E-state index contributed by atoms with van der Waals surface area (Å²) in [6, 6.07) is 0. The maximum absolute atomic E-state index is 13.1. The summed E-state index contributed by atoms with van der Waals surface area (Å²) in [4.78, 5) is 14.5. The predicted molar refractivity (Wildman–Crippen MR) is 120 cm³/mol. The first-order valence-corrected chi connectivity index (χ1v) is 13.1. The Hall–Kier alpha value is -1.30. The van der Waals surface area contributed by atoms with Gasteiger partial charge < -0.3 is 9.64 Å². The molecule has 0 heterocycles. The molecule has 5 nitrogen and oxygen atoms in total. The molecule has 1 aliphatic rings. The van der Waals surface area contributed by atoms with Crippen LogP contribution in [0.1, 0.15) is 91.4 Å². The molecule has 0 radical (unpaired) electrons. The van der Waals surface area contributed by atoms with Crippen LogP contribution in [0.3, 0.4) is 0 Å². The topological polar surface area (TPSA) is 63.7 Å². The fourth-order valence-electron chi connectivity index (χ4n) is 3.64. The summed E-state index contributed by atoms with van der Waals surface area (Å²) < 4.78 is 31.6. The molecule has 0 unspecified atom stereocenters. The number of unbranched alkanes of at least 4 members (excludes halogenated alkanes) is 5. The molecule has 1 fully saturated rings. The van der Waals surface area contributed by atoms with Gasteiger partial charge in [-0.3, -0.25) is 0 Å². The highest BCUT2D eigenvalue weighted by molar-refractivity contribution is 7.96. The molecule has 6 heteroatoms. The SMILES string of the molecule is CCCCCCCCOC(=O)/C(=C\C=C\N(CC)CC)S(=O)(=O)C1CCCCC1. The zero-order chi connectivity index (χ0) is 21.5. The first-order valence-electron chi connectivity index (χ1n) is 11.5. The van der Waals surface area contributed by atoms with Gasteiger partial charge in [-0.1, -0.05) is 58.3 Å². The quantitative estimate of drug-likeness (QED) is 0.161. The molecule has 0 spiro atoms. The Morgan fingerprint density at radius 1 is 0.966 bits per heavy atom. The third kappa shape index (κ3) is 9.37. The van der Waals surface area contributed by atoms with Gasteiger partial charge in [0.15, 0.2) is 14.7 Å². The number of allylic oxidation sites excluding steroid dienone is 2. The second kappa shape index (κ2) is 14.6. The lowest BCUT2D eigenvalue weighted by Crippen LogP contribution is -2.29. The Labute approximate surface area is 178 Å². The summed E-state index contributed by atoms with van der Waals surface area (Å²) >= 11 is 0. The molecule has 29 heavy (non-hydrogen) atoms. The van der Waals surface area contributed by atoms with Crippen LogP contribution in [0, 0.1) is 0 Å². The van der Waals surface area contributed by atoms with Crippen LogP contribution in [0.25, 0.3) is 0 Å². The molecule has 0 aromatic heterocycles. The van der Waals surface area contributed by atoms with Crippen molar-refractivity contribution in [2.75, 3.05) is 19.7 Å². The van der Waals surface area contributed by atoms with E-state index in [9.17, 15) is 13.2 Å². The van der Waals surface area contributed by atoms with Gasteiger partial charge in [-0.15, -0.1) is 0 Å². The number of hydrogen-bond acceptors (Lipinski definition) is 5. The second-order valence-corrected chi connectivity index (χ2v) is 10.00. The van der Waals surface area contributed by atoms with Crippen LogP contribution in [0.4, 0.5) is 0 Å². The monoisotopic (exact) mass is 427 g/mol. The smallest absolute Gasteiger partial charge is 0.349 e. The lowest BCUT2D eigenvalue weighted by atomic mass is 10.0. The Kier molecular flexibility index (Phi) is 13.0. The van der Waals surface area contributed by atoms with Gasteiger partial charge in [-0.2, -0.15) is 0 Å². The number of rotatable bonds is 14. The van der Waals surface area contributed by atoms with Crippen molar-refractivity contribution in [2.45, 2.75) is 96.7 Å². The molecule has 0 aliphatic heterocycles. The number of carbonyl (C=O) groups is 1. The molecular formula is C23H41NO4S. The Morgan fingerprint density at radius 3 is 2.21 bits per heavy atom. The molecule has 0 atom stereocenters. The molecule has 0 aromatic carbocycles. The van der Waals surface area contributed by atoms with Gasteiger partial charge in [0.25, 0.3) is 0 Å². The van der Waals surface area contributed by atoms with Gasteiger partial charge in [0.05, 0.1) is 11.9 Å². The van der Waals surface area contributed by atoms with Crippen LogP contribution in [-0.4, -0.2) is 44.2 Å². The minimum absolute atomic E-state index is 0.182. The maximum Gasteiger partial charge on any atom is 0.349 e. The molecule has 0 bridgehead atoms. The van der Waals surface area contributed by atoms with Gasteiger partial charge >= 0.3 is 5.97 Å². The normalized spacial score (nSPS) is 16.3. The highest BCUT2D eigenvalue weighted by Crippen LogP contribution is 2.28. The summed E-state index contributed by atoms with van der Waals surface area (Å²) in [5, 5.41) is -0.467. The molecule has 0 amide bonds. The van der Waals surface area contributed by atoms with Crippen molar-refractivity contribution < 1.29 is 17.9 Å². The minimum Gasteiger partial charge on any atom is -0.462 e. The van der Waals surface area contributed by atoms with Gasteiger partial charge in [-0.05, 0) is 51.5 Å². The van der Waals surface area contributed by atoms with Crippen LogP contribution in [0.2, 0.25) is 0 Å². The van der Waals surface area contributed by atoms with E-state index in [0.717, 1.165) is 51.6 Å². The minimum atomic E-state index is -3.67. The molecular weight excluding hydrogens is 386 g/mol. The number of esters is 1. The molecule has 0 aromatic rings. The van der Waals surface area contributed by atoms with Crippen molar-refractivity contribution in [3.05, 3.63) is 23.3 Å². The van der Waals surface area contributed by atoms with E-state index in [0.29, 0.717) is 12.8 Å². The van der Waals surface area contributed by atoms with Gasteiger partial charge in [-0.25, -0.2) is 13.2 Å². The van der Waals surface area contributed by atoms with E-state index in [2.05, 4.69) is 6.92 Å². The summed E-state index contributed by atoms with van der Waals surface area (Å²) in [7, 11) is -3.67. The van der Waals surface area contributed by atoms with E-state index in [1.807, 2.05) is 24.9 Å². The molecule has 0 saturated heterocycles. The summed E-state index contributed by atoms with van der Waals surface area (Å²) in [5.74, 6) is -0.701. The van der Waals surface area contributed by atoms with Crippen molar-refractivity contribution in [3.63, 3.8) is 0 Å². The maximum atomic E-state index is 13.1. The standard InChI is InChI=1S/C23H41NO4S/c1-4-7-8-9-10-14-20-28-23(25)22(18-15-19-24(5-2)6-3)29(26,27)21-16-12-11-13-17-21/h15,18-19,21H,4-14,16-17,20H2,1-3H3/b19-15+,22-18+. The van der Waals surface area contributed by atoms with Gasteiger partial charge in [0.2, 0.25) is 0 Å². The molecule has 0 N–H and O–H groups in total. The highest BCUT2D eigenvalue weighted by atomic mass is 32.2. The van der Waals surface area contributed by atoms with E-state index in [-0.39, 0.29) is 11.5 Å². The molecule has 1 aliphatic carbocycles. The van der Waals surface area contributed by atoms with E-state index in [1.54, 1.807) is 6.08 Å². The highest BCUT2D eigenvalue weighted by Gasteiger charge is 2.34. The van der Waals surface area contributed by atoms with Crippen molar-refractivity contribution in [3.8, 4) is 0 Å². The fourth-order valence-corrected chi connectivity index (χ4v) is 5.51. The number of sulfone groups is 1. The average molecular weight is 428 g/mol. The zero-order valence-corrected chi connectivity index (χ0v) is 19.5. The van der Waals surface area contributed by atoms with Crippen LogP contribution in [-0.2, 0) is 19.4 Å². The zero-order valence-electron chi connectivity index (χ0n) is 18.7. The Morgan fingerprint density at radius 2 is 1.59 bits per heavy atom. The number of hydrogen-bond donors (Lipinski definition) is 0. The average Bonchev–Trinajstić information content (AvgIpc) is 2.73. The Bertz CT molecular complexity index is 615. The van der Waals surface area contributed by atoms with Crippen LogP contribution in [0.5, 0.6) is 0 Å². The number of ether oxygens (including phenoxy) is 1. The van der Waals surface area contributed by atoms with Crippen LogP contribution >= 0.6 is 0 Å². The predicted octanol–water partition coefficient (Wildman–Crippen LogP) is 5.38. The van der Waals surface area contributed by atoms with Gasteiger partial charge in [0.1, 0.15) is 0 Å². The second-order valence-electron chi connectivity index (χ2n) is 7.80. The third-order valence-electron chi connectivity index (χ3n) is 5.59. The van der Waals surface area contributed by atoms with E-state index in [4.69, 9.17) is 4.74 Å². The van der Waals surface area contributed by atoms with E-state index in [1.165, 1.54) is 25.3 Å². The number of carbonyl (C=O) groups excluding carboxylic acids is 1. The number of nitrogens with zero attached hydrogens (tertiary/aromatic N) is 1. The van der Waals surface area contributed by atoms with Crippen molar-refractivity contribution in [1.82, 2.24) is 4.90 Å². The van der Waals surface area contributed by atoms with E-state index >= 15 is 0 Å². The van der Waals surface area contributed by atoms with E-state index < -0.39 is 21.1 Å². The van der Waals surface area contributed by atoms with Crippen molar-refractivity contribution in [1.29, 1.82) is 0 Å². The largest absolute Gasteiger partial charge is 0.462 e. The summed E-state index contributed by atoms with van der Waals surface area (Å²) in [6.07, 6.45) is 15.6. The van der Waals surface area contributed by atoms with Crippen molar-refractivity contribution >= 4 is 15.8 Å². The lowest BCUT2D eigenvalue weighted by molar-refractivity contribution is -0.138. The molecule has 168 valence electrons.